The third-order valence-corrected chi connectivity index (χ3v) is 7.56. The van der Waals surface area contributed by atoms with Crippen molar-refractivity contribution in [1.29, 1.82) is 0 Å². The Hall–Kier alpha value is -5.52. The van der Waals surface area contributed by atoms with Crippen LogP contribution in [0.15, 0.2) is 67.1 Å². The van der Waals surface area contributed by atoms with E-state index in [1.165, 1.54) is 17.5 Å². The average Bonchev–Trinajstić information content (AvgIpc) is 3.82. The van der Waals surface area contributed by atoms with Gasteiger partial charge in [0, 0.05) is 37.7 Å². The molecular formula is C30H28N10O2. The van der Waals surface area contributed by atoms with Crippen molar-refractivity contribution in [3.63, 3.8) is 0 Å². The van der Waals surface area contributed by atoms with E-state index in [1.54, 1.807) is 28.8 Å². The first kappa shape index (κ1) is 25.4. The van der Waals surface area contributed by atoms with Crippen molar-refractivity contribution in [2.75, 3.05) is 12.3 Å². The summed E-state index contributed by atoms with van der Waals surface area (Å²) in [5.41, 5.74) is 18.7. The van der Waals surface area contributed by atoms with Crippen LogP contribution in [0.3, 0.4) is 0 Å². The molecular weight excluding hydrogens is 532 g/mol. The minimum absolute atomic E-state index is 0.338. The number of nitrogens with two attached hydrogens (primary N) is 2. The maximum Gasteiger partial charge on any atom is 0.269 e. The van der Waals surface area contributed by atoms with Gasteiger partial charge in [0.05, 0.1) is 17.7 Å². The Morgan fingerprint density at radius 2 is 1.88 bits per heavy atom. The van der Waals surface area contributed by atoms with E-state index in [-0.39, 0.29) is 0 Å². The van der Waals surface area contributed by atoms with Crippen LogP contribution >= 0.6 is 0 Å². The van der Waals surface area contributed by atoms with Crippen LogP contribution in [0.1, 0.15) is 33.6 Å². The van der Waals surface area contributed by atoms with E-state index in [0.29, 0.717) is 24.0 Å². The van der Waals surface area contributed by atoms with Crippen LogP contribution in [0.5, 0.6) is 5.88 Å². The normalized spacial score (nSPS) is 13.4. The number of aromatic nitrogens is 8. The lowest BCUT2D eigenvalue weighted by atomic mass is 10.1. The van der Waals surface area contributed by atoms with Gasteiger partial charge in [-0.1, -0.05) is 6.07 Å². The molecule has 210 valence electrons. The topological polar surface area (TPSA) is 158 Å². The van der Waals surface area contributed by atoms with Crippen LogP contribution < -0.4 is 16.2 Å². The Morgan fingerprint density at radius 1 is 1.00 bits per heavy atom. The molecule has 0 atom stereocenters. The number of ether oxygens (including phenoxy) is 1. The maximum absolute atomic E-state index is 10.9. The molecule has 0 saturated heterocycles. The van der Waals surface area contributed by atoms with E-state index in [9.17, 15) is 4.79 Å². The highest BCUT2D eigenvalue weighted by atomic mass is 16.5. The van der Waals surface area contributed by atoms with Crippen molar-refractivity contribution >= 4 is 22.9 Å². The molecule has 0 spiro atoms. The number of hydrogen-bond acceptors (Lipinski definition) is 8. The monoisotopic (exact) mass is 560 g/mol. The lowest BCUT2D eigenvalue weighted by Crippen LogP contribution is -2.14. The SMILES string of the molecule is Cn1nc(C(N)=O)c2c1OCC2.Nc1ncccc1-c1nc2ccc(-n3cccn3)nc2n1-c1ccc2c(c1)CCC2. The van der Waals surface area contributed by atoms with Crippen molar-refractivity contribution in [2.24, 2.45) is 12.8 Å². The molecule has 0 fully saturated rings. The molecule has 12 heteroatoms. The fourth-order valence-corrected chi connectivity index (χ4v) is 5.61. The largest absolute Gasteiger partial charge is 0.477 e. The zero-order valence-electron chi connectivity index (χ0n) is 22.9. The number of hydrogen-bond donors (Lipinski definition) is 2. The predicted molar refractivity (Wildman–Crippen MR) is 157 cm³/mol. The summed E-state index contributed by atoms with van der Waals surface area (Å²) in [6, 6.07) is 16.2. The van der Waals surface area contributed by atoms with Crippen LogP contribution in [0.2, 0.25) is 0 Å². The molecule has 0 bridgehead atoms. The van der Waals surface area contributed by atoms with Crippen molar-refractivity contribution in [2.45, 2.75) is 25.7 Å². The zero-order chi connectivity index (χ0) is 28.8. The van der Waals surface area contributed by atoms with Gasteiger partial charge in [0.25, 0.3) is 5.91 Å². The van der Waals surface area contributed by atoms with Gasteiger partial charge in [-0.3, -0.25) is 9.36 Å². The van der Waals surface area contributed by atoms with Gasteiger partial charge in [-0.2, -0.15) is 10.2 Å². The number of nitrogens with zero attached hydrogens (tertiary/aromatic N) is 8. The van der Waals surface area contributed by atoms with E-state index in [0.717, 1.165) is 58.9 Å². The van der Waals surface area contributed by atoms with Gasteiger partial charge in [0.2, 0.25) is 5.88 Å². The summed E-state index contributed by atoms with van der Waals surface area (Å²) in [6.07, 6.45) is 9.48. The highest BCUT2D eigenvalue weighted by Gasteiger charge is 2.25. The summed E-state index contributed by atoms with van der Waals surface area (Å²) in [5, 5.41) is 8.27. The molecule has 8 rings (SSSR count). The van der Waals surface area contributed by atoms with Crippen LogP contribution in [-0.2, 0) is 26.3 Å². The smallest absolute Gasteiger partial charge is 0.269 e. The lowest BCUT2D eigenvalue weighted by molar-refractivity contribution is 0.0994. The fraction of sp³-hybridized carbons (Fsp3) is 0.200. The molecule has 5 aromatic heterocycles. The average molecular weight is 561 g/mol. The number of rotatable bonds is 4. The number of benzene rings is 1. The number of anilines is 1. The molecule has 4 N–H and O–H groups in total. The first-order valence-electron chi connectivity index (χ1n) is 13.7. The van der Waals surface area contributed by atoms with Gasteiger partial charge >= 0.3 is 0 Å². The summed E-state index contributed by atoms with van der Waals surface area (Å²) in [4.78, 5) is 24.9. The third-order valence-electron chi connectivity index (χ3n) is 7.56. The highest BCUT2D eigenvalue weighted by molar-refractivity contribution is 5.93. The second-order valence-corrected chi connectivity index (χ2v) is 10.2. The van der Waals surface area contributed by atoms with E-state index in [2.05, 4.69) is 37.9 Å². The first-order chi connectivity index (χ1) is 20.5. The third kappa shape index (κ3) is 4.33. The Balaban J connectivity index is 0.000000201. The Kier molecular flexibility index (Phi) is 6.15. The van der Waals surface area contributed by atoms with E-state index in [1.807, 2.05) is 36.5 Å². The number of nitrogen functional groups attached to an aromatic ring is 1. The quantitative estimate of drug-likeness (QED) is 0.333. The minimum Gasteiger partial charge on any atom is -0.477 e. The van der Waals surface area contributed by atoms with E-state index < -0.39 is 5.91 Å². The van der Waals surface area contributed by atoms with Crippen LogP contribution in [-0.4, -0.2) is 51.6 Å². The first-order valence-corrected chi connectivity index (χ1v) is 13.7. The second kappa shape index (κ2) is 10.1. The van der Waals surface area contributed by atoms with Gasteiger partial charge in [-0.05, 0) is 72.9 Å². The molecule has 0 saturated carbocycles. The minimum atomic E-state index is -0.489. The highest BCUT2D eigenvalue weighted by Crippen LogP contribution is 2.33. The number of fused-ring (bicyclic) bond motifs is 3. The Labute approximate surface area is 240 Å². The number of pyridine rings is 2. The molecule has 2 aliphatic rings. The summed E-state index contributed by atoms with van der Waals surface area (Å²) in [5.74, 6) is 2.10. The molecule has 42 heavy (non-hydrogen) atoms. The summed E-state index contributed by atoms with van der Waals surface area (Å²) in [6.45, 7) is 0.612. The maximum atomic E-state index is 10.9. The Bertz CT molecular complexity index is 1950. The second-order valence-electron chi connectivity index (χ2n) is 10.2. The fourth-order valence-electron chi connectivity index (χ4n) is 5.61. The molecule has 12 nitrogen and oxygen atoms in total. The number of carbonyl (C=O) groups excluding carboxylic acids is 1. The molecule has 6 heterocycles. The number of amides is 1. The molecule has 6 aromatic rings. The van der Waals surface area contributed by atoms with Crippen molar-refractivity contribution < 1.29 is 9.53 Å². The van der Waals surface area contributed by atoms with Gasteiger partial charge < -0.3 is 16.2 Å². The van der Waals surface area contributed by atoms with Gasteiger partial charge in [-0.25, -0.2) is 24.3 Å². The molecule has 1 amide bonds. The number of aryl methyl sites for hydroxylation is 3. The molecule has 0 unspecified atom stereocenters. The standard InChI is InChI=1S/C23H19N7.C7H9N3O2/c24-21-18(6-2-11-25-21)22-27-19-9-10-20(29-13-3-12-26-29)28-23(19)30(22)17-8-7-15-4-1-5-16(15)14-17;1-10-7-4(2-3-12-7)5(9-10)6(8)11/h2-3,6-14H,1,4-5H2,(H2,24,25);2-3H2,1H3,(H2,8,11). The summed E-state index contributed by atoms with van der Waals surface area (Å²) >= 11 is 0. The lowest BCUT2D eigenvalue weighted by Gasteiger charge is -2.12. The number of carbonyl (C=O) groups is 1. The van der Waals surface area contributed by atoms with Gasteiger partial charge in [0.1, 0.15) is 11.3 Å². The van der Waals surface area contributed by atoms with Crippen molar-refractivity contribution in [3.8, 4) is 28.8 Å². The molecule has 0 radical (unpaired) electrons. The van der Waals surface area contributed by atoms with Gasteiger partial charge in [-0.15, -0.1) is 0 Å². The van der Waals surface area contributed by atoms with E-state index in [4.69, 9.17) is 26.2 Å². The van der Waals surface area contributed by atoms with Gasteiger partial charge in [0.15, 0.2) is 23.0 Å². The number of imidazole rings is 1. The predicted octanol–water partition coefficient (Wildman–Crippen LogP) is 3.19. The van der Waals surface area contributed by atoms with Crippen LogP contribution in [0.25, 0.3) is 34.1 Å². The number of primary amides is 1. The zero-order valence-corrected chi connectivity index (χ0v) is 22.9. The Morgan fingerprint density at radius 3 is 2.69 bits per heavy atom. The van der Waals surface area contributed by atoms with Crippen molar-refractivity contribution in [3.05, 3.63) is 89.5 Å². The van der Waals surface area contributed by atoms with Crippen LogP contribution in [0.4, 0.5) is 5.82 Å². The summed E-state index contributed by atoms with van der Waals surface area (Å²) in [7, 11) is 1.73. The molecule has 1 aliphatic carbocycles. The van der Waals surface area contributed by atoms with E-state index >= 15 is 0 Å². The molecule has 1 aromatic carbocycles. The van der Waals surface area contributed by atoms with Crippen LogP contribution in [0, 0.1) is 0 Å². The molecule has 1 aliphatic heterocycles. The van der Waals surface area contributed by atoms with Crippen molar-refractivity contribution in [1.82, 2.24) is 39.1 Å². The summed E-state index contributed by atoms with van der Waals surface area (Å²) < 4.78 is 10.6.